The van der Waals surface area contributed by atoms with Gasteiger partial charge in [0.2, 0.25) is 0 Å². The summed E-state index contributed by atoms with van der Waals surface area (Å²) in [4.78, 5) is 15.8. The molecule has 0 unspecified atom stereocenters. The summed E-state index contributed by atoms with van der Waals surface area (Å²) in [6, 6.07) is 9.66. The van der Waals surface area contributed by atoms with Crippen LogP contribution < -0.4 is 5.32 Å². The Labute approximate surface area is 124 Å². The highest BCUT2D eigenvalue weighted by molar-refractivity contribution is 5.84. The van der Waals surface area contributed by atoms with Gasteiger partial charge in [-0.1, -0.05) is 24.0 Å². The Balaban J connectivity index is 2.01. The van der Waals surface area contributed by atoms with Crippen LogP contribution in [-0.4, -0.2) is 23.2 Å². The minimum atomic E-state index is -0.501. The third kappa shape index (κ3) is 4.50. The van der Waals surface area contributed by atoms with Crippen molar-refractivity contribution < 1.29 is 9.53 Å². The van der Waals surface area contributed by atoms with E-state index in [9.17, 15) is 4.79 Å². The molecule has 0 saturated heterocycles. The number of aromatic nitrogens is 1. The molecule has 21 heavy (non-hydrogen) atoms. The number of pyridine rings is 1. The highest BCUT2D eigenvalue weighted by Gasteiger charge is 2.14. The molecule has 0 spiro atoms. The molecule has 0 bridgehead atoms. The predicted octanol–water partition coefficient (Wildman–Crippen LogP) is 3.11. The van der Waals surface area contributed by atoms with Gasteiger partial charge in [-0.2, -0.15) is 0 Å². The number of fused-ring (bicyclic) bond motifs is 1. The summed E-state index contributed by atoms with van der Waals surface area (Å²) in [7, 11) is 0. The van der Waals surface area contributed by atoms with Crippen LogP contribution in [0.4, 0.5) is 4.79 Å². The second kappa shape index (κ2) is 6.27. The smallest absolute Gasteiger partial charge is 0.408 e. The van der Waals surface area contributed by atoms with E-state index in [1.807, 2.05) is 51.1 Å². The molecule has 1 aromatic carbocycles. The van der Waals surface area contributed by atoms with Crippen molar-refractivity contribution >= 4 is 17.0 Å². The van der Waals surface area contributed by atoms with Crippen LogP contribution in [-0.2, 0) is 4.74 Å². The number of ether oxygens (including phenoxy) is 1. The lowest BCUT2D eigenvalue weighted by atomic mass is 10.1. The van der Waals surface area contributed by atoms with E-state index in [-0.39, 0.29) is 6.54 Å². The van der Waals surface area contributed by atoms with Gasteiger partial charge in [-0.15, -0.1) is 0 Å². The average molecular weight is 282 g/mol. The Bertz CT molecular complexity index is 701. The zero-order valence-corrected chi connectivity index (χ0v) is 12.4. The van der Waals surface area contributed by atoms with Crippen molar-refractivity contribution in [2.45, 2.75) is 26.4 Å². The molecular formula is C17H18N2O2. The zero-order chi connectivity index (χ0) is 15.3. The maximum atomic E-state index is 11.5. The van der Waals surface area contributed by atoms with Gasteiger partial charge in [-0.25, -0.2) is 4.79 Å². The summed E-state index contributed by atoms with van der Waals surface area (Å²) >= 11 is 0. The van der Waals surface area contributed by atoms with Gasteiger partial charge in [0.15, 0.2) is 0 Å². The SMILES string of the molecule is CC(C)(C)OC(=O)NCC#Cc1cccc2ncccc12. The fourth-order valence-electron chi connectivity index (χ4n) is 1.78. The summed E-state index contributed by atoms with van der Waals surface area (Å²) in [6.45, 7) is 5.70. The molecule has 1 amide bonds. The van der Waals surface area contributed by atoms with Crippen LogP contribution in [0.15, 0.2) is 36.5 Å². The minimum Gasteiger partial charge on any atom is -0.444 e. The van der Waals surface area contributed by atoms with Gasteiger partial charge in [-0.3, -0.25) is 4.98 Å². The second-order valence-electron chi connectivity index (χ2n) is 5.53. The van der Waals surface area contributed by atoms with E-state index in [4.69, 9.17) is 4.74 Å². The van der Waals surface area contributed by atoms with Crippen LogP contribution >= 0.6 is 0 Å². The summed E-state index contributed by atoms with van der Waals surface area (Å²) < 4.78 is 5.13. The molecule has 2 rings (SSSR count). The minimum absolute atomic E-state index is 0.242. The van der Waals surface area contributed by atoms with Gasteiger partial charge < -0.3 is 10.1 Å². The van der Waals surface area contributed by atoms with Crippen molar-refractivity contribution in [2.24, 2.45) is 0 Å². The number of carbonyl (C=O) groups excluding carboxylic acids is 1. The number of hydrogen-bond acceptors (Lipinski definition) is 3. The summed E-state index contributed by atoms with van der Waals surface area (Å²) in [5, 5.41) is 3.61. The lowest BCUT2D eigenvalue weighted by Gasteiger charge is -2.19. The maximum Gasteiger partial charge on any atom is 0.408 e. The third-order valence-corrected chi connectivity index (χ3v) is 2.59. The molecule has 1 heterocycles. The first kappa shape index (κ1) is 14.9. The molecule has 0 aliphatic heterocycles. The molecule has 4 nitrogen and oxygen atoms in total. The Morgan fingerprint density at radius 3 is 2.86 bits per heavy atom. The Kier molecular flexibility index (Phi) is 4.44. The Morgan fingerprint density at radius 1 is 1.29 bits per heavy atom. The van der Waals surface area contributed by atoms with Crippen molar-refractivity contribution in [2.75, 3.05) is 6.54 Å². The number of benzene rings is 1. The van der Waals surface area contributed by atoms with Crippen molar-refractivity contribution in [3.05, 3.63) is 42.1 Å². The molecule has 1 aromatic heterocycles. The fourth-order valence-corrected chi connectivity index (χ4v) is 1.78. The number of nitrogens with one attached hydrogen (secondary N) is 1. The Morgan fingerprint density at radius 2 is 2.10 bits per heavy atom. The maximum absolute atomic E-state index is 11.5. The largest absolute Gasteiger partial charge is 0.444 e. The molecule has 0 aliphatic carbocycles. The van der Waals surface area contributed by atoms with E-state index in [0.29, 0.717) is 0 Å². The zero-order valence-electron chi connectivity index (χ0n) is 12.4. The first-order valence-electron chi connectivity index (χ1n) is 6.75. The lowest BCUT2D eigenvalue weighted by molar-refractivity contribution is 0.0535. The first-order valence-corrected chi connectivity index (χ1v) is 6.75. The first-order chi connectivity index (χ1) is 9.96. The topological polar surface area (TPSA) is 51.2 Å². The molecule has 1 N–H and O–H groups in total. The monoisotopic (exact) mass is 282 g/mol. The molecule has 108 valence electrons. The van der Waals surface area contributed by atoms with Crippen molar-refractivity contribution in [3.8, 4) is 11.8 Å². The second-order valence-corrected chi connectivity index (χ2v) is 5.53. The highest BCUT2D eigenvalue weighted by atomic mass is 16.6. The van der Waals surface area contributed by atoms with Crippen molar-refractivity contribution in [3.63, 3.8) is 0 Å². The number of nitrogens with zero attached hydrogens (tertiary/aromatic N) is 1. The van der Waals surface area contributed by atoms with Gasteiger partial charge in [0.25, 0.3) is 0 Å². The van der Waals surface area contributed by atoms with Crippen LogP contribution in [0.2, 0.25) is 0 Å². The lowest BCUT2D eigenvalue weighted by Crippen LogP contribution is -2.32. The van der Waals surface area contributed by atoms with Crippen molar-refractivity contribution in [1.82, 2.24) is 10.3 Å². The number of amides is 1. The number of carbonyl (C=O) groups is 1. The summed E-state index contributed by atoms with van der Waals surface area (Å²) in [6.07, 6.45) is 1.29. The van der Waals surface area contributed by atoms with Gasteiger partial charge in [0.1, 0.15) is 5.60 Å². The normalized spacial score (nSPS) is 10.6. The number of hydrogen-bond donors (Lipinski definition) is 1. The molecule has 2 aromatic rings. The molecule has 0 radical (unpaired) electrons. The molecule has 0 atom stereocenters. The van der Waals surface area contributed by atoms with E-state index in [0.717, 1.165) is 16.5 Å². The van der Waals surface area contributed by atoms with E-state index in [1.165, 1.54) is 0 Å². The van der Waals surface area contributed by atoms with Crippen LogP contribution in [0.3, 0.4) is 0 Å². The van der Waals surface area contributed by atoms with E-state index >= 15 is 0 Å². The van der Waals surface area contributed by atoms with Crippen LogP contribution in [0.5, 0.6) is 0 Å². The standard InChI is InChI=1S/C17H18N2O2/c1-17(2,3)21-16(20)19-12-5-8-13-7-4-10-15-14(13)9-6-11-18-15/h4,6-7,9-11H,12H2,1-3H3,(H,19,20). The summed E-state index contributed by atoms with van der Waals surface area (Å²) in [5.41, 5.74) is 1.30. The molecule has 4 heteroatoms. The molecule has 0 fully saturated rings. The van der Waals surface area contributed by atoms with Crippen LogP contribution in [0.1, 0.15) is 26.3 Å². The van der Waals surface area contributed by atoms with Gasteiger partial charge in [0, 0.05) is 17.1 Å². The van der Waals surface area contributed by atoms with Crippen LogP contribution in [0, 0.1) is 11.8 Å². The molecular weight excluding hydrogens is 264 g/mol. The average Bonchev–Trinajstić information content (AvgIpc) is 2.42. The highest BCUT2D eigenvalue weighted by Crippen LogP contribution is 2.14. The quantitative estimate of drug-likeness (QED) is 0.818. The van der Waals surface area contributed by atoms with Gasteiger partial charge in [0.05, 0.1) is 12.1 Å². The van der Waals surface area contributed by atoms with E-state index < -0.39 is 11.7 Å². The number of alkyl carbamates (subject to hydrolysis) is 1. The van der Waals surface area contributed by atoms with Gasteiger partial charge in [-0.05, 0) is 39.0 Å². The van der Waals surface area contributed by atoms with Crippen molar-refractivity contribution in [1.29, 1.82) is 0 Å². The Hall–Kier alpha value is -2.54. The van der Waals surface area contributed by atoms with Crippen LogP contribution in [0.25, 0.3) is 10.9 Å². The fraction of sp³-hybridized carbons (Fsp3) is 0.294. The summed E-state index contributed by atoms with van der Waals surface area (Å²) in [5.74, 6) is 5.97. The third-order valence-electron chi connectivity index (χ3n) is 2.59. The molecule has 0 aliphatic rings. The number of rotatable bonds is 1. The van der Waals surface area contributed by atoms with E-state index in [2.05, 4.69) is 22.1 Å². The van der Waals surface area contributed by atoms with E-state index in [1.54, 1.807) is 6.20 Å². The predicted molar refractivity (Wildman–Crippen MR) is 82.9 cm³/mol. The molecule has 0 saturated carbocycles. The van der Waals surface area contributed by atoms with Gasteiger partial charge >= 0.3 is 6.09 Å².